The van der Waals surface area contributed by atoms with E-state index < -0.39 is 5.97 Å². The molecule has 0 saturated carbocycles. The number of carboxylic acid groups (broad SMARTS) is 1. The molecule has 1 rings (SSSR count). The van der Waals surface area contributed by atoms with E-state index in [2.05, 4.69) is 27.3 Å². The Kier molecular flexibility index (Phi) is 5.15. The molecule has 0 spiro atoms. The fourth-order valence-electron chi connectivity index (χ4n) is 2.09. The zero-order valence-corrected chi connectivity index (χ0v) is 11.9. The van der Waals surface area contributed by atoms with Crippen LogP contribution in [-0.4, -0.2) is 18.1 Å². The van der Waals surface area contributed by atoms with Crippen molar-refractivity contribution in [2.24, 2.45) is 5.92 Å². The Balaban J connectivity index is 3.00. The van der Waals surface area contributed by atoms with Gasteiger partial charge in [0.05, 0.1) is 0 Å². The van der Waals surface area contributed by atoms with Gasteiger partial charge in [0.25, 0.3) is 0 Å². The number of carbonyl (C=O) groups is 1. The van der Waals surface area contributed by atoms with Crippen LogP contribution >= 0.6 is 15.9 Å². The molecule has 2 atom stereocenters. The molecule has 0 radical (unpaired) electrons. The minimum atomic E-state index is -0.759. The lowest BCUT2D eigenvalue weighted by Crippen LogP contribution is -2.26. The molecule has 0 aliphatic rings. The lowest BCUT2D eigenvalue weighted by Gasteiger charge is -2.24. The minimum Gasteiger partial charge on any atom is -0.481 e. The average molecular weight is 300 g/mol. The molecule has 94 valence electrons. The van der Waals surface area contributed by atoms with E-state index in [4.69, 9.17) is 5.11 Å². The van der Waals surface area contributed by atoms with Crippen molar-refractivity contribution in [2.45, 2.75) is 26.3 Å². The van der Waals surface area contributed by atoms with Gasteiger partial charge in [-0.3, -0.25) is 4.79 Å². The average Bonchev–Trinajstić information content (AvgIpc) is 2.23. The lowest BCUT2D eigenvalue weighted by molar-refractivity contribution is -0.138. The van der Waals surface area contributed by atoms with E-state index in [1.165, 1.54) is 5.56 Å². The van der Waals surface area contributed by atoms with Gasteiger partial charge in [-0.05, 0) is 43.1 Å². The number of hydrogen-bond donors (Lipinski definition) is 2. The molecule has 0 aliphatic carbocycles. The Morgan fingerprint density at radius 1 is 1.53 bits per heavy atom. The Bertz CT molecular complexity index is 406. The molecule has 0 heterocycles. The number of rotatable bonds is 5. The zero-order valence-electron chi connectivity index (χ0n) is 10.3. The first-order valence-corrected chi connectivity index (χ1v) is 6.40. The molecule has 3 nitrogen and oxygen atoms in total. The normalized spacial score (nSPS) is 14.4. The molecule has 0 saturated heterocycles. The second-order valence-corrected chi connectivity index (χ2v) is 5.26. The van der Waals surface area contributed by atoms with Crippen molar-refractivity contribution in [3.63, 3.8) is 0 Å². The van der Waals surface area contributed by atoms with Crippen LogP contribution in [0, 0.1) is 12.8 Å². The second kappa shape index (κ2) is 6.17. The van der Waals surface area contributed by atoms with Crippen LogP contribution in [0.3, 0.4) is 0 Å². The third-order valence-corrected chi connectivity index (χ3v) is 3.45. The standard InChI is InChI=1S/C13H18BrNO2/c1-8-4-5-10(14)7-11(8)13(15-3)9(2)6-12(16)17/h4-5,7,9,13,15H,6H2,1-3H3,(H,16,17). The summed E-state index contributed by atoms with van der Waals surface area (Å²) >= 11 is 3.45. The van der Waals surface area contributed by atoms with Crippen LogP contribution in [0.25, 0.3) is 0 Å². The van der Waals surface area contributed by atoms with Crippen LogP contribution in [0.15, 0.2) is 22.7 Å². The number of carboxylic acids is 1. The molecule has 0 fully saturated rings. The quantitative estimate of drug-likeness (QED) is 0.878. The van der Waals surface area contributed by atoms with Gasteiger partial charge in [-0.25, -0.2) is 0 Å². The highest BCUT2D eigenvalue weighted by Crippen LogP contribution is 2.29. The van der Waals surface area contributed by atoms with E-state index in [-0.39, 0.29) is 18.4 Å². The molecule has 0 bridgehead atoms. The summed E-state index contributed by atoms with van der Waals surface area (Å²) in [4.78, 5) is 10.8. The molecule has 0 amide bonds. The van der Waals surface area contributed by atoms with Crippen LogP contribution in [0.2, 0.25) is 0 Å². The van der Waals surface area contributed by atoms with Crippen LogP contribution in [0.4, 0.5) is 0 Å². The molecule has 2 unspecified atom stereocenters. The summed E-state index contributed by atoms with van der Waals surface area (Å²) in [6, 6.07) is 6.14. The van der Waals surface area contributed by atoms with Crippen LogP contribution in [0.5, 0.6) is 0 Å². The number of aliphatic carboxylic acids is 1. The SMILES string of the molecule is CNC(c1cc(Br)ccc1C)C(C)CC(=O)O. The van der Waals surface area contributed by atoms with Gasteiger partial charge in [-0.2, -0.15) is 0 Å². The highest BCUT2D eigenvalue weighted by molar-refractivity contribution is 9.10. The highest BCUT2D eigenvalue weighted by Gasteiger charge is 2.21. The molecule has 1 aromatic carbocycles. The Labute approximate surface area is 110 Å². The molecule has 0 aliphatic heterocycles. The first kappa shape index (κ1) is 14.2. The third kappa shape index (κ3) is 3.82. The lowest BCUT2D eigenvalue weighted by atomic mass is 9.89. The van der Waals surface area contributed by atoms with Crippen molar-refractivity contribution >= 4 is 21.9 Å². The maximum Gasteiger partial charge on any atom is 0.303 e. The van der Waals surface area contributed by atoms with Gasteiger partial charge >= 0.3 is 5.97 Å². The molecular weight excluding hydrogens is 282 g/mol. The summed E-state index contributed by atoms with van der Waals surface area (Å²) in [6.45, 7) is 4.00. The van der Waals surface area contributed by atoms with Crippen molar-refractivity contribution in [3.8, 4) is 0 Å². The topological polar surface area (TPSA) is 49.3 Å². The summed E-state index contributed by atoms with van der Waals surface area (Å²) in [7, 11) is 1.86. The van der Waals surface area contributed by atoms with Gasteiger partial charge in [0.1, 0.15) is 0 Å². The maximum absolute atomic E-state index is 10.8. The predicted molar refractivity (Wildman–Crippen MR) is 72.1 cm³/mol. The smallest absolute Gasteiger partial charge is 0.303 e. The summed E-state index contributed by atoms with van der Waals surface area (Å²) < 4.78 is 1.01. The van der Waals surface area contributed by atoms with E-state index in [0.29, 0.717) is 0 Å². The van der Waals surface area contributed by atoms with Crippen molar-refractivity contribution in [3.05, 3.63) is 33.8 Å². The highest BCUT2D eigenvalue weighted by atomic mass is 79.9. The van der Waals surface area contributed by atoms with E-state index in [0.717, 1.165) is 10.0 Å². The third-order valence-electron chi connectivity index (χ3n) is 2.95. The fourth-order valence-corrected chi connectivity index (χ4v) is 2.47. The van der Waals surface area contributed by atoms with Gasteiger partial charge < -0.3 is 10.4 Å². The summed E-state index contributed by atoms with van der Waals surface area (Å²) in [5, 5.41) is 12.1. The first-order valence-electron chi connectivity index (χ1n) is 5.60. The van der Waals surface area contributed by atoms with Crippen LogP contribution in [-0.2, 0) is 4.79 Å². The number of nitrogens with one attached hydrogen (secondary N) is 1. The first-order chi connectivity index (χ1) is 7.95. The summed E-state index contributed by atoms with van der Waals surface area (Å²) in [6.07, 6.45) is 0.164. The molecular formula is C13H18BrNO2. The Hall–Kier alpha value is -0.870. The minimum absolute atomic E-state index is 0.0468. The maximum atomic E-state index is 10.8. The zero-order chi connectivity index (χ0) is 13.0. The molecule has 0 aromatic heterocycles. The molecule has 1 aromatic rings. The van der Waals surface area contributed by atoms with Crippen molar-refractivity contribution < 1.29 is 9.90 Å². The monoisotopic (exact) mass is 299 g/mol. The van der Waals surface area contributed by atoms with Gasteiger partial charge in [0.15, 0.2) is 0 Å². The van der Waals surface area contributed by atoms with Crippen molar-refractivity contribution in [2.75, 3.05) is 7.05 Å². The van der Waals surface area contributed by atoms with Crippen LogP contribution in [0.1, 0.15) is 30.5 Å². The number of benzene rings is 1. The number of hydrogen-bond acceptors (Lipinski definition) is 2. The number of halogens is 1. The van der Waals surface area contributed by atoms with E-state index in [1.54, 1.807) is 0 Å². The van der Waals surface area contributed by atoms with E-state index >= 15 is 0 Å². The predicted octanol–water partition coefficient (Wildman–Crippen LogP) is 3.13. The van der Waals surface area contributed by atoms with Crippen molar-refractivity contribution in [1.29, 1.82) is 0 Å². The van der Waals surface area contributed by atoms with Crippen molar-refractivity contribution in [1.82, 2.24) is 5.32 Å². The molecule has 17 heavy (non-hydrogen) atoms. The van der Waals surface area contributed by atoms with Crippen LogP contribution < -0.4 is 5.32 Å². The molecule has 4 heteroatoms. The Morgan fingerprint density at radius 3 is 2.71 bits per heavy atom. The second-order valence-electron chi connectivity index (χ2n) is 4.34. The largest absolute Gasteiger partial charge is 0.481 e. The summed E-state index contributed by atoms with van der Waals surface area (Å²) in [5.41, 5.74) is 2.32. The van der Waals surface area contributed by atoms with E-state index in [9.17, 15) is 4.79 Å². The van der Waals surface area contributed by atoms with Gasteiger partial charge in [-0.1, -0.05) is 28.9 Å². The molecule has 2 N–H and O–H groups in total. The van der Waals surface area contributed by atoms with E-state index in [1.807, 2.05) is 33.0 Å². The summed E-state index contributed by atoms with van der Waals surface area (Å²) in [5.74, 6) is -0.712. The fraction of sp³-hybridized carbons (Fsp3) is 0.462. The van der Waals surface area contributed by atoms with Gasteiger partial charge in [0, 0.05) is 16.9 Å². The van der Waals surface area contributed by atoms with Gasteiger partial charge in [-0.15, -0.1) is 0 Å². The Morgan fingerprint density at radius 2 is 2.18 bits per heavy atom. The number of aryl methyl sites for hydroxylation is 1. The van der Waals surface area contributed by atoms with Gasteiger partial charge in [0.2, 0.25) is 0 Å².